The summed E-state index contributed by atoms with van der Waals surface area (Å²) >= 11 is 0. The predicted molar refractivity (Wildman–Crippen MR) is 82.2 cm³/mol. The number of carbonyl (C=O) groups is 3. The molecule has 3 saturated heterocycles. The van der Waals surface area contributed by atoms with E-state index in [9.17, 15) is 14.4 Å². The fourth-order valence-corrected chi connectivity index (χ4v) is 4.07. The second-order valence-electron chi connectivity index (χ2n) is 6.28. The van der Waals surface area contributed by atoms with Gasteiger partial charge in [0.05, 0.1) is 31.7 Å². The third-order valence-electron chi connectivity index (χ3n) is 5.21. The van der Waals surface area contributed by atoms with Crippen LogP contribution in [0.25, 0.3) is 0 Å². The van der Waals surface area contributed by atoms with Gasteiger partial charge in [0.1, 0.15) is 0 Å². The zero-order chi connectivity index (χ0) is 16.9. The standard InChI is InChI=1S/C17H18N2O5/c1-23-16(22)12-4-2-11(3-5-12)15(21)18-7-6-17-13(18)10-14(20)19(17)8-9-24-17/h2-5,13H,6-10H2,1H3/t13-,17+/m1/s1. The van der Waals surface area contributed by atoms with Crippen LogP contribution >= 0.6 is 0 Å². The Kier molecular flexibility index (Phi) is 3.35. The van der Waals surface area contributed by atoms with Gasteiger partial charge < -0.3 is 19.3 Å². The molecule has 2 atom stereocenters. The molecule has 1 aromatic carbocycles. The van der Waals surface area contributed by atoms with E-state index in [0.717, 1.165) is 0 Å². The Morgan fingerprint density at radius 3 is 2.62 bits per heavy atom. The van der Waals surface area contributed by atoms with Crippen molar-refractivity contribution in [1.29, 1.82) is 0 Å². The minimum Gasteiger partial charge on any atom is -0.465 e. The molecular weight excluding hydrogens is 312 g/mol. The molecule has 0 unspecified atom stereocenters. The summed E-state index contributed by atoms with van der Waals surface area (Å²) in [5.74, 6) is -0.528. The van der Waals surface area contributed by atoms with E-state index in [4.69, 9.17) is 4.74 Å². The SMILES string of the molecule is COC(=O)c1ccc(C(=O)N2CC[C@@]34OCCN3C(=O)C[C@@H]24)cc1. The summed E-state index contributed by atoms with van der Waals surface area (Å²) in [6, 6.07) is 6.14. The number of methoxy groups -OCH3 is 1. The lowest BCUT2D eigenvalue weighted by Gasteiger charge is -2.31. The van der Waals surface area contributed by atoms with E-state index in [1.807, 2.05) is 0 Å². The second-order valence-corrected chi connectivity index (χ2v) is 6.28. The molecule has 4 rings (SSSR count). The van der Waals surface area contributed by atoms with Crippen molar-refractivity contribution in [2.24, 2.45) is 0 Å². The van der Waals surface area contributed by atoms with Crippen molar-refractivity contribution >= 4 is 17.8 Å². The second kappa shape index (κ2) is 5.31. The molecule has 0 bridgehead atoms. The maximum absolute atomic E-state index is 12.9. The van der Waals surface area contributed by atoms with E-state index in [1.165, 1.54) is 7.11 Å². The molecule has 3 aliphatic rings. The fourth-order valence-electron chi connectivity index (χ4n) is 4.07. The Morgan fingerprint density at radius 2 is 1.92 bits per heavy atom. The predicted octanol–water partition coefficient (Wildman–Crippen LogP) is 0.646. The largest absolute Gasteiger partial charge is 0.465 e. The summed E-state index contributed by atoms with van der Waals surface area (Å²) in [7, 11) is 1.32. The van der Waals surface area contributed by atoms with E-state index in [2.05, 4.69) is 4.74 Å². The topological polar surface area (TPSA) is 76.2 Å². The average Bonchev–Trinajstić information content (AvgIpc) is 3.25. The lowest BCUT2D eigenvalue weighted by molar-refractivity contribution is -0.136. The van der Waals surface area contributed by atoms with Crippen LogP contribution in [0, 0.1) is 0 Å². The van der Waals surface area contributed by atoms with Crippen molar-refractivity contribution in [1.82, 2.24) is 9.80 Å². The van der Waals surface area contributed by atoms with Gasteiger partial charge in [-0.05, 0) is 24.3 Å². The smallest absolute Gasteiger partial charge is 0.337 e. The number of amides is 2. The number of nitrogens with zero attached hydrogens (tertiary/aromatic N) is 2. The molecule has 126 valence electrons. The minimum absolute atomic E-state index is 0.0519. The monoisotopic (exact) mass is 330 g/mol. The summed E-state index contributed by atoms with van der Waals surface area (Å²) in [6.45, 7) is 1.69. The van der Waals surface area contributed by atoms with Gasteiger partial charge in [0.25, 0.3) is 5.91 Å². The first kappa shape index (κ1) is 15.1. The number of hydrogen-bond donors (Lipinski definition) is 0. The zero-order valence-electron chi connectivity index (χ0n) is 13.4. The summed E-state index contributed by atoms with van der Waals surface area (Å²) in [5.41, 5.74) is 0.260. The first-order valence-electron chi connectivity index (χ1n) is 8.00. The van der Waals surface area contributed by atoms with Gasteiger partial charge in [-0.15, -0.1) is 0 Å². The maximum Gasteiger partial charge on any atom is 0.337 e. The van der Waals surface area contributed by atoms with Gasteiger partial charge in [-0.25, -0.2) is 4.79 Å². The molecule has 0 radical (unpaired) electrons. The molecule has 1 spiro atoms. The van der Waals surface area contributed by atoms with E-state index >= 15 is 0 Å². The summed E-state index contributed by atoms with van der Waals surface area (Å²) in [5, 5.41) is 0. The van der Waals surface area contributed by atoms with Gasteiger partial charge in [-0.1, -0.05) is 0 Å². The fraction of sp³-hybridized carbons (Fsp3) is 0.471. The van der Waals surface area contributed by atoms with Crippen molar-refractivity contribution in [3.8, 4) is 0 Å². The molecule has 0 aliphatic carbocycles. The normalized spacial score (nSPS) is 28.0. The quantitative estimate of drug-likeness (QED) is 0.744. The molecule has 24 heavy (non-hydrogen) atoms. The highest BCUT2D eigenvalue weighted by molar-refractivity contribution is 5.97. The maximum atomic E-state index is 12.9. The van der Waals surface area contributed by atoms with Crippen LogP contribution in [0.1, 0.15) is 33.6 Å². The van der Waals surface area contributed by atoms with Crippen LogP contribution in [0.3, 0.4) is 0 Å². The van der Waals surface area contributed by atoms with E-state index < -0.39 is 11.7 Å². The molecule has 0 saturated carbocycles. The Morgan fingerprint density at radius 1 is 1.21 bits per heavy atom. The molecule has 0 aromatic heterocycles. The Hall–Kier alpha value is -2.41. The highest BCUT2D eigenvalue weighted by Gasteiger charge is 2.62. The van der Waals surface area contributed by atoms with Gasteiger partial charge in [-0.2, -0.15) is 0 Å². The molecule has 2 amide bonds. The molecule has 0 N–H and O–H groups in total. The van der Waals surface area contributed by atoms with Crippen molar-refractivity contribution in [2.45, 2.75) is 24.6 Å². The van der Waals surface area contributed by atoms with Crippen molar-refractivity contribution in [3.05, 3.63) is 35.4 Å². The van der Waals surface area contributed by atoms with E-state index in [-0.39, 0.29) is 17.9 Å². The average molecular weight is 330 g/mol. The van der Waals surface area contributed by atoms with E-state index in [0.29, 0.717) is 43.7 Å². The van der Waals surface area contributed by atoms with Gasteiger partial charge in [0, 0.05) is 25.1 Å². The third-order valence-corrected chi connectivity index (χ3v) is 5.21. The number of likely N-dealkylation sites (tertiary alicyclic amines) is 1. The number of rotatable bonds is 2. The molecular formula is C17H18N2O5. The van der Waals surface area contributed by atoms with Crippen molar-refractivity contribution in [3.63, 3.8) is 0 Å². The highest BCUT2D eigenvalue weighted by Crippen LogP contribution is 2.45. The number of hydrogen-bond acceptors (Lipinski definition) is 5. The first-order chi connectivity index (χ1) is 11.6. The van der Waals surface area contributed by atoms with Crippen molar-refractivity contribution < 1.29 is 23.9 Å². The summed E-state index contributed by atoms with van der Waals surface area (Å²) < 4.78 is 10.5. The minimum atomic E-state index is -0.626. The number of esters is 1. The van der Waals surface area contributed by atoms with Gasteiger partial charge in [0.2, 0.25) is 5.91 Å². The summed E-state index contributed by atoms with van der Waals surface area (Å²) in [6.07, 6.45) is 0.960. The number of ether oxygens (including phenoxy) is 2. The Labute approximate surface area is 139 Å². The highest BCUT2D eigenvalue weighted by atomic mass is 16.5. The Bertz CT molecular complexity index is 716. The van der Waals surface area contributed by atoms with E-state index in [1.54, 1.807) is 34.1 Å². The van der Waals surface area contributed by atoms with Crippen LogP contribution in [0.4, 0.5) is 0 Å². The van der Waals surface area contributed by atoms with Crippen LogP contribution in [-0.4, -0.2) is 66.2 Å². The van der Waals surface area contributed by atoms with Crippen LogP contribution in [-0.2, 0) is 14.3 Å². The molecule has 1 aromatic rings. The molecule has 3 fully saturated rings. The Balaban J connectivity index is 1.57. The lowest BCUT2D eigenvalue weighted by Crippen LogP contribution is -2.48. The van der Waals surface area contributed by atoms with Gasteiger partial charge in [-0.3, -0.25) is 9.59 Å². The zero-order valence-corrected chi connectivity index (χ0v) is 13.4. The number of carbonyl (C=O) groups excluding carboxylic acids is 3. The summed E-state index contributed by atoms with van der Waals surface area (Å²) in [4.78, 5) is 40.0. The molecule has 3 aliphatic heterocycles. The lowest BCUT2D eigenvalue weighted by atomic mass is 10.1. The first-order valence-corrected chi connectivity index (χ1v) is 8.00. The van der Waals surface area contributed by atoms with Crippen LogP contribution in [0.5, 0.6) is 0 Å². The third kappa shape index (κ3) is 1.97. The molecule has 7 heteroatoms. The molecule has 7 nitrogen and oxygen atoms in total. The van der Waals surface area contributed by atoms with Crippen LogP contribution in [0.15, 0.2) is 24.3 Å². The molecule has 3 heterocycles. The van der Waals surface area contributed by atoms with Crippen LogP contribution < -0.4 is 0 Å². The number of benzene rings is 1. The van der Waals surface area contributed by atoms with Crippen LogP contribution in [0.2, 0.25) is 0 Å². The van der Waals surface area contributed by atoms with Gasteiger partial charge >= 0.3 is 5.97 Å². The van der Waals surface area contributed by atoms with Gasteiger partial charge in [0.15, 0.2) is 5.72 Å². The van der Waals surface area contributed by atoms with Crippen molar-refractivity contribution in [2.75, 3.05) is 26.8 Å².